The second-order valence-electron chi connectivity index (χ2n) is 4.33. The van der Waals surface area contributed by atoms with Crippen LogP contribution in [0.5, 0.6) is 0 Å². The molecule has 0 fully saturated rings. The van der Waals surface area contributed by atoms with E-state index in [-0.39, 0.29) is 12.1 Å². The molecular formula is C14H11N3O. The van der Waals surface area contributed by atoms with Gasteiger partial charge in [-0.1, -0.05) is 24.3 Å². The Morgan fingerprint density at radius 2 is 2.06 bits per heavy atom. The molecule has 0 aliphatic heterocycles. The van der Waals surface area contributed by atoms with Gasteiger partial charge < -0.3 is 0 Å². The van der Waals surface area contributed by atoms with Gasteiger partial charge in [0.05, 0.1) is 11.8 Å². The summed E-state index contributed by atoms with van der Waals surface area (Å²) in [4.78, 5) is 11.7. The Bertz CT molecular complexity index is 710. The fraction of sp³-hybridized carbons (Fsp3) is 0.214. The Labute approximate surface area is 104 Å². The molecule has 3 rings (SSSR count). The lowest BCUT2D eigenvalue weighted by Gasteiger charge is -2.18. The van der Waals surface area contributed by atoms with Crippen molar-refractivity contribution < 1.29 is 0 Å². The first-order valence-electron chi connectivity index (χ1n) is 5.86. The lowest BCUT2D eigenvalue weighted by molar-refractivity contribution is 0.653. The first-order chi connectivity index (χ1) is 8.79. The lowest BCUT2D eigenvalue weighted by Crippen LogP contribution is -2.25. The summed E-state index contributed by atoms with van der Waals surface area (Å²) in [6.07, 6.45) is 1.77. The van der Waals surface area contributed by atoms with Crippen molar-refractivity contribution in [2.24, 2.45) is 0 Å². The molecule has 0 N–H and O–H groups in total. The van der Waals surface area contributed by atoms with Gasteiger partial charge in [0.2, 0.25) is 0 Å². The Kier molecular flexibility index (Phi) is 2.45. The van der Waals surface area contributed by atoms with E-state index in [4.69, 9.17) is 5.26 Å². The lowest BCUT2D eigenvalue weighted by atomic mass is 9.90. The quantitative estimate of drug-likeness (QED) is 0.755. The minimum atomic E-state index is -0.199. The largest absolute Gasteiger partial charge is 0.268 e. The molecule has 0 atom stereocenters. The molecule has 1 aliphatic carbocycles. The highest BCUT2D eigenvalue weighted by molar-refractivity contribution is 5.68. The third-order valence-corrected chi connectivity index (χ3v) is 3.23. The van der Waals surface area contributed by atoms with Crippen molar-refractivity contribution in [2.75, 3.05) is 0 Å². The summed E-state index contributed by atoms with van der Waals surface area (Å²) in [7, 11) is 0. The number of aromatic nitrogens is 2. The highest BCUT2D eigenvalue weighted by Crippen LogP contribution is 2.30. The van der Waals surface area contributed by atoms with E-state index in [0.29, 0.717) is 0 Å². The summed E-state index contributed by atoms with van der Waals surface area (Å²) in [5, 5.41) is 13.0. The van der Waals surface area contributed by atoms with E-state index < -0.39 is 0 Å². The first kappa shape index (κ1) is 10.7. The molecule has 1 aliphatic rings. The van der Waals surface area contributed by atoms with Crippen molar-refractivity contribution in [2.45, 2.75) is 19.4 Å². The van der Waals surface area contributed by atoms with Crippen LogP contribution in [0.3, 0.4) is 0 Å². The SMILES string of the molecule is N#CCn1nc2c(cc1=O)CCc1ccccc1-2. The van der Waals surface area contributed by atoms with Gasteiger partial charge in [-0.05, 0) is 24.0 Å². The molecule has 0 amide bonds. The molecule has 1 aromatic carbocycles. The van der Waals surface area contributed by atoms with Crippen molar-refractivity contribution in [3.8, 4) is 17.3 Å². The Morgan fingerprint density at radius 3 is 2.89 bits per heavy atom. The minimum Gasteiger partial charge on any atom is -0.268 e. The van der Waals surface area contributed by atoms with Gasteiger partial charge in [-0.15, -0.1) is 0 Å². The van der Waals surface area contributed by atoms with Crippen LogP contribution in [0, 0.1) is 11.3 Å². The molecule has 1 aromatic heterocycles. The van der Waals surface area contributed by atoms with Crippen molar-refractivity contribution in [3.05, 3.63) is 51.8 Å². The number of rotatable bonds is 1. The molecule has 18 heavy (non-hydrogen) atoms. The predicted octanol–water partition coefficient (Wildman–Crippen LogP) is 1.53. The standard InChI is InChI=1S/C14H11N3O/c15-7-8-17-13(18)9-11-6-5-10-3-1-2-4-12(10)14(11)16-17/h1-4,9H,5-6,8H2. The van der Waals surface area contributed by atoms with Crippen molar-refractivity contribution >= 4 is 0 Å². The molecule has 4 heteroatoms. The molecule has 2 aromatic rings. The zero-order valence-electron chi connectivity index (χ0n) is 9.76. The Balaban J connectivity index is 2.24. The van der Waals surface area contributed by atoms with Gasteiger partial charge >= 0.3 is 0 Å². The number of hydrogen-bond acceptors (Lipinski definition) is 3. The summed E-state index contributed by atoms with van der Waals surface area (Å²) in [6, 6.07) is 11.6. The second-order valence-corrected chi connectivity index (χ2v) is 4.33. The van der Waals surface area contributed by atoms with Crippen LogP contribution in [-0.4, -0.2) is 9.78 Å². The van der Waals surface area contributed by atoms with E-state index in [0.717, 1.165) is 29.7 Å². The van der Waals surface area contributed by atoms with Gasteiger partial charge in [-0.3, -0.25) is 4.79 Å². The molecule has 0 radical (unpaired) electrons. The van der Waals surface area contributed by atoms with Gasteiger partial charge in [0.1, 0.15) is 6.54 Å². The van der Waals surface area contributed by atoms with Crippen molar-refractivity contribution in [1.82, 2.24) is 9.78 Å². The molecule has 1 heterocycles. The zero-order chi connectivity index (χ0) is 12.5. The third-order valence-electron chi connectivity index (χ3n) is 3.23. The minimum absolute atomic E-state index is 0.00567. The number of fused-ring (bicyclic) bond motifs is 3. The smallest absolute Gasteiger partial charge is 0.268 e. The number of benzene rings is 1. The number of aryl methyl sites for hydroxylation is 2. The predicted molar refractivity (Wildman–Crippen MR) is 67.0 cm³/mol. The normalized spacial score (nSPS) is 12.4. The molecule has 0 bridgehead atoms. The summed E-state index contributed by atoms with van der Waals surface area (Å²) in [5.41, 5.74) is 3.94. The maximum absolute atomic E-state index is 11.7. The van der Waals surface area contributed by atoms with E-state index in [1.165, 1.54) is 10.2 Å². The summed E-state index contributed by atoms with van der Waals surface area (Å²) >= 11 is 0. The van der Waals surface area contributed by atoms with Crippen LogP contribution in [0.15, 0.2) is 35.1 Å². The van der Waals surface area contributed by atoms with Gasteiger partial charge in [-0.2, -0.15) is 10.4 Å². The fourth-order valence-corrected chi connectivity index (χ4v) is 2.36. The number of nitriles is 1. The number of nitrogens with zero attached hydrogens (tertiary/aromatic N) is 3. The van der Waals surface area contributed by atoms with Crippen molar-refractivity contribution in [1.29, 1.82) is 5.26 Å². The molecule has 0 saturated carbocycles. The first-order valence-corrected chi connectivity index (χ1v) is 5.86. The van der Waals surface area contributed by atoms with E-state index in [1.54, 1.807) is 6.07 Å². The number of hydrogen-bond donors (Lipinski definition) is 0. The van der Waals surface area contributed by atoms with Gasteiger partial charge in [0, 0.05) is 11.6 Å². The van der Waals surface area contributed by atoms with Crippen LogP contribution in [0.1, 0.15) is 11.1 Å². The van der Waals surface area contributed by atoms with Crippen molar-refractivity contribution in [3.63, 3.8) is 0 Å². The molecule has 0 unspecified atom stereocenters. The zero-order valence-corrected chi connectivity index (χ0v) is 9.76. The second kappa shape index (κ2) is 4.11. The molecule has 4 nitrogen and oxygen atoms in total. The van der Waals surface area contributed by atoms with Crippen LogP contribution in [-0.2, 0) is 19.4 Å². The highest BCUT2D eigenvalue weighted by Gasteiger charge is 2.18. The average Bonchev–Trinajstić information content (AvgIpc) is 2.40. The summed E-state index contributed by atoms with van der Waals surface area (Å²) in [6.45, 7) is -0.00567. The molecule has 0 spiro atoms. The maximum atomic E-state index is 11.7. The van der Waals surface area contributed by atoms with Gasteiger partial charge in [0.15, 0.2) is 0 Å². The Morgan fingerprint density at radius 1 is 1.28 bits per heavy atom. The van der Waals surface area contributed by atoms with Crippen LogP contribution in [0.4, 0.5) is 0 Å². The fourth-order valence-electron chi connectivity index (χ4n) is 2.36. The van der Waals surface area contributed by atoms with Gasteiger partial charge in [0.25, 0.3) is 5.56 Å². The van der Waals surface area contributed by atoms with Crippen LogP contribution in [0.2, 0.25) is 0 Å². The topological polar surface area (TPSA) is 58.7 Å². The highest BCUT2D eigenvalue weighted by atomic mass is 16.1. The monoisotopic (exact) mass is 237 g/mol. The van der Waals surface area contributed by atoms with Crippen LogP contribution in [0.25, 0.3) is 11.3 Å². The molecule has 0 saturated heterocycles. The molecular weight excluding hydrogens is 226 g/mol. The third kappa shape index (κ3) is 1.61. The van der Waals surface area contributed by atoms with E-state index in [2.05, 4.69) is 11.2 Å². The van der Waals surface area contributed by atoms with Crippen LogP contribution < -0.4 is 5.56 Å². The van der Waals surface area contributed by atoms with Crippen LogP contribution >= 0.6 is 0 Å². The molecule has 88 valence electrons. The van der Waals surface area contributed by atoms with E-state index >= 15 is 0 Å². The average molecular weight is 237 g/mol. The summed E-state index contributed by atoms with van der Waals surface area (Å²) < 4.78 is 1.22. The van der Waals surface area contributed by atoms with E-state index in [1.807, 2.05) is 24.3 Å². The Hall–Kier alpha value is -2.41. The van der Waals surface area contributed by atoms with Gasteiger partial charge in [-0.25, -0.2) is 4.68 Å². The summed E-state index contributed by atoms with van der Waals surface area (Å²) in [5.74, 6) is 0. The van der Waals surface area contributed by atoms with E-state index in [9.17, 15) is 4.79 Å². The maximum Gasteiger partial charge on any atom is 0.268 e.